The van der Waals surface area contributed by atoms with Crippen molar-refractivity contribution in [3.8, 4) is 5.75 Å². The van der Waals surface area contributed by atoms with Crippen LogP contribution in [-0.2, 0) is 11.3 Å². The maximum absolute atomic E-state index is 12.4. The molecular formula is C20H23KN2O4. The first-order valence-electron chi connectivity index (χ1n) is 8.40. The molecule has 0 aliphatic carbocycles. The number of nitrogens with one attached hydrogen (secondary N) is 1. The average molecular weight is 395 g/mol. The summed E-state index contributed by atoms with van der Waals surface area (Å²) in [4.78, 5) is 25.0. The Morgan fingerprint density at radius 2 is 1.78 bits per heavy atom. The fourth-order valence-corrected chi connectivity index (χ4v) is 2.57. The first-order valence-corrected chi connectivity index (χ1v) is 8.40. The smallest absolute Gasteiger partial charge is 0.548 e. The van der Waals surface area contributed by atoms with Gasteiger partial charge in [0.1, 0.15) is 5.75 Å². The summed E-state index contributed by atoms with van der Waals surface area (Å²) in [6.45, 7) is 4.13. The maximum atomic E-state index is 12.4. The van der Waals surface area contributed by atoms with Gasteiger partial charge in [0.25, 0.3) is 0 Å². The number of carbonyl (C=O) groups excluding carboxylic acids is 2. The molecule has 0 saturated carbocycles. The van der Waals surface area contributed by atoms with E-state index < -0.39 is 18.0 Å². The quantitative estimate of drug-likeness (QED) is 0.618. The molecular weight excluding hydrogens is 371 g/mol. The molecule has 2 aromatic rings. The summed E-state index contributed by atoms with van der Waals surface area (Å²) in [6, 6.07) is 14.2. The van der Waals surface area contributed by atoms with Crippen molar-refractivity contribution in [2.45, 2.75) is 32.5 Å². The van der Waals surface area contributed by atoms with E-state index in [1.54, 1.807) is 30.3 Å². The van der Waals surface area contributed by atoms with Gasteiger partial charge in [-0.15, -0.1) is 0 Å². The molecule has 7 heteroatoms. The minimum absolute atomic E-state index is 0. The molecule has 0 aromatic heterocycles. The summed E-state index contributed by atoms with van der Waals surface area (Å²) in [5.74, 6) is -0.613. The second-order valence-electron chi connectivity index (χ2n) is 6.22. The Balaban J connectivity index is 0.00000364. The normalized spacial score (nSPS) is 11.3. The number of rotatable bonds is 7. The van der Waals surface area contributed by atoms with Crippen molar-refractivity contribution in [1.82, 2.24) is 10.2 Å². The summed E-state index contributed by atoms with van der Waals surface area (Å²) in [5.41, 5.74) is 1.34. The van der Waals surface area contributed by atoms with Crippen LogP contribution >= 0.6 is 0 Å². The Kier molecular flexibility index (Phi) is 10.0. The monoisotopic (exact) mass is 394 g/mol. The predicted molar refractivity (Wildman–Crippen MR) is 96.4 cm³/mol. The molecule has 0 aliphatic heterocycles. The molecule has 1 unspecified atom stereocenters. The number of nitrogens with zero attached hydrogens (tertiary/aromatic N) is 1. The van der Waals surface area contributed by atoms with E-state index in [-0.39, 0.29) is 64.0 Å². The fraction of sp³-hybridized carbons (Fsp3) is 0.300. The van der Waals surface area contributed by atoms with Crippen molar-refractivity contribution in [2.24, 2.45) is 0 Å². The van der Waals surface area contributed by atoms with Crippen LogP contribution in [0.3, 0.4) is 0 Å². The van der Waals surface area contributed by atoms with Crippen LogP contribution in [0.4, 0.5) is 4.79 Å². The number of carboxylic acids is 1. The zero-order valence-electron chi connectivity index (χ0n) is 16.1. The third-order valence-electron chi connectivity index (χ3n) is 3.76. The second-order valence-corrected chi connectivity index (χ2v) is 6.22. The third-order valence-corrected chi connectivity index (χ3v) is 3.76. The van der Waals surface area contributed by atoms with Crippen LogP contribution in [0.15, 0.2) is 54.6 Å². The molecule has 27 heavy (non-hydrogen) atoms. The molecule has 0 radical (unpaired) electrons. The van der Waals surface area contributed by atoms with E-state index in [9.17, 15) is 14.7 Å². The van der Waals surface area contributed by atoms with E-state index in [1.165, 1.54) is 7.05 Å². The summed E-state index contributed by atoms with van der Waals surface area (Å²) < 4.78 is 5.63. The summed E-state index contributed by atoms with van der Waals surface area (Å²) in [5, 5.41) is 14.2. The molecule has 1 atom stereocenters. The van der Waals surface area contributed by atoms with Crippen molar-refractivity contribution in [3.63, 3.8) is 0 Å². The van der Waals surface area contributed by atoms with Gasteiger partial charge < -0.3 is 24.9 Å². The standard InChI is InChI=1S/C20H24N2O4.K/c1-14(2)26-17-11-7-8-15(12-17)13-21-20(25)22(3)18(19(23)24)16-9-5-4-6-10-16;/h4-12,14,18H,13H2,1-3H3,(H,21,25)(H,23,24);/q;+1/p-1. The number of aliphatic carboxylic acids is 1. The number of hydrogen-bond acceptors (Lipinski definition) is 4. The van der Waals surface area contributed by atoms with Crippen LogP contribution in [0.25, 0.3) is 0 Å². The molecule has 0 fully saturated rings. The zero-order chi connectivity index (χ0) is 19.1. The Morgan fingerprint density at radius 1 is 1.11 bits per heavy atom. The van der Waals surface area contributed by atoms with Crippen LogP contribution in [0.5, 0.6) is 5.75 Å². The van der Waals surface area contributed by atoms with Crippen LogP contribution in [0.2, 0.25) is 0 Å². The number of amides is 2. The summed E-state index contributed by atoms with van der Waals surface area (Å²) in [6.07, 6.45) is 0.0562. The molecule has 0 aliphatic rings. The Bertz CT molecular complexity index is 753. The number of carboxylic acid groups (broad SMARTS) is 1. The minimum Gasteiger partial charge on any atom is -0.548 e. The first-order chi connectivity index (χ1) is 12.4. The second kappa shape index (κ2) is 11.5. The number of ether oxygens (including phenoxy) is 1. The number of urea groups is 1. The number of benzene rings is 2. The van der Waals surface area contributed by atoms with Crippen molar-refractivity contribution >= 4 is 12.0 Å². The van der Waals surface area contributed by atoms with Crippen molar-refractivity contribution in [1.29, 1.82) is 0 Å². The number of carbonyl (C=O) groups is 2. The topological polar surface area (TPSA) is 81.7 Å². The number of hydrogen-bond donors (Lipinski definition) is 1. The maximum Gasteiger partial charge on any atom is 1.00 e. The number of likely N-dealkylation sites (N-methyl/N-ethyl adjacent to an activating group) is 1. The van der Waals surface area contributed by atoms with Gasteiger partial charge in [-0.1, -0.05) is 42.5 Å². The van der Waals surface area contributed by atoms with Gasteiger partial charge in [-0.25, -0.2) is 4.79 Å². The molecule has 0 spiro atoms. The van der Waals surface area contributed by atoms with Crippen LogP contribution in [0, 0.1) is 0 Å². The third kappa shape index (κ3) is 7.27. The van der Waals surface area contributed by atoms with Crippen molar-refractivity contribution in [3.05, 3.63) is 65.7 Å². The van der Waals surface area contributed by atoms with E-state index in [0.29, 0.717) is 5.56 Å². The van der Waals surface area contributed by atoms with Crippen LogP contribution in [0.1, 0.15) is 31.0 Å². The molecule has 2 rings (SSSR count). The SMILES string of the molecule is CC(C)Oc1cccc(CNC(=O)N(C)C(C(=O)[O-])c2ccccc2)c1.[K+]. The molecule has 0 bridgehead atoms. The minimum atomic E-state index is -1.33. The van der Waals surface area contributed by atoms with E-state index in [0.717, 1.165) is 16.2 Å². The summed E-state index contributed by atoms with van der Waals surface area (Å²) >= 11 is 0. The molecule has 1 N–H and O–H groups in total. The molecule has 138 valence electrons. The van der Waals surface area contributed by atoms with Gasteiger partial charge in [-0.2, -0.15) is 0 Å². The van der Waals surface area contributed by atoms with Gasteiger partial charge in [-0.05, 0) is 37.1 Å². The van der Waals surface area contributed by atoms with Gasteiger partial charge in [-0.3, -0.25) is 0 Å². The Labute approximate surface area is 202 Å². The summed E-state index contributed by atoms with van der Waals surface area (Å²) in [7, 11) is 1.43. The van der Waals surface area contributed by atoms with Gasteiger partial charge in [0.05, 0.1) is 18.1 Å². The van der Waals surface area contributed by atoms with Gasteiger partial charge in [0.15, 0.2) is 0 Å². The molecule has 2 aromatic carbocycles. The van der Waals surface area contributed by atoms with E-state index in [2.05, 4.69) is 5.32 Å². The van der Waals surface area contributed by atoms with E-state index in [1.807, 2.05) is 38.1 Å². The fourth-order valence-electron chi connectivity index (χ4n) is 2.57. The largest absolute Gasteiger partial charge is 1.00 e. The van der Waals surface area contributed by atoms with Crippen molar-refractivity contribution < 1.29 is 70.8 Å². The van der Waals surface area contributed by atoms with E-state index >= 15 is 0 Å². The first kappa shape index (κ1) is 23.7. The van der Waals surface area contributed by atoms with Crippen LogP contribution in [-0.4, -0.2) is 30.1 Å². The van der Waals surface area contributed by atoms with Crippen LogP contribution < -0.4 is 66.5 Å². The van der Waals surface area contributed by atoms with Gasteiger partial charge in [0, 0.05) is 13.6 Å². The molecule has 0 heterocycles. The molecule has 6 nitrogen and oxygen atoms in total. The van der Waals surface area contributed by atoms with Gasteiger partial charge >= 0.3 is 57.4 Å². The van der Waals surface area contributed by atoms with E-state index in [4.69, 9.17) is 4.74 Å². The molecule has 0 saturated heterocycles. The zero-order valence-corrected chi connectivity index (χ0v) is 19.3. The Morgan fingerprint density at radius 3 is 2.37 bits per heavy atom. The average Bonchev–Trinajstić information content (AvgIpc) is 2.60. The molecule has 2 amide bonds. The van der Waals surface area contributed by atoms with Gasteiger partial charge in [0.2, 0.25) is 0 Å². The van der Waals surface area contributed by atoms with Crippen molar-refractivity contribution in [2.75, 3.05) is 7.05 Å². The predicted octanol–water partition coefficient (Wildman–Crippen LogP) is -0.890. The Hall–Kier alpha value is -1.38.